The number of methoxy groups -OCH3 is 1. The maximum Gasteiger partial charge on any atom is 0.269 e. The zero-order valence-corrected chi connectivity index (χ0v) is 30.3. The van der Waals surface area contributed by atoms with Gasteiger partial charge >= 0.3 is 0 Å². The number of aryl methyl sites for hydroxylation is 4. The van der Waals surface area contributed by atoms with E-state index < -0.39 is 10.0 Å². The molecule has 6 rings (SSSR count). The predicted octanol–water partition coefficient (Wildman–Crippen LogP) is 5.87. The number of nitrogens with zero attached hydrogens (tertiary/aromatic N) is 6. The summed E-state index contributed by atoms with van der Waals surface area (Å²) in [5.41, 5.74) is 7.96. The van der Waals surface area contributed by atoms with Crippen LogP contribution in [0, 0.1) is 27.7 Å². The maximum absolute atomic E-state index is 14.6. The van der Waals surface area contributed by atoms with Gasteiger partial charge < -0.3 is 23.5 Å². The van der Waals surface area contributed by atoms with E-state index in [1.807, 2.05) is 36.1 Å². The first-order valence-corrected chi connectivity index (χ1v) is 18.3. The van der Waals surface area contributed by atoms with Crippen LogP contribution in [0.25, 0.3) is 22.3 Å². The highest BCUT2D eigenvalue weighted by Crippen LogP contribution is 2.36. The van der Waals surface area contributed by atoms with E-state index in [0.29, 0.717) is 49.5 Å². The summed E-state index contributed by atoms with van der Waals surface area (Å²) in [5, 5.41) is 4.02. The summed E-state index contributed by atoms with van der Waals surface area (Å²) < 4.78 is 48.9. The summed E-state index contributed by atoms with van der Waals surface area (Å²) in [4.78, 5) is 24.6. The first kappa shape index (κ1) is 35.2. The van der Waals surface area contributed by atoms with Gasteiger partial charge in [0.2, 0.25) is 11.8 Å². The minimum atomic E-state index is -4.24. The summed E-state index contributed by atoms with van der Waals surface area (Å²) >= 11 is 0. The van der Waals surface area contributed by atoms with E-state index >= 15 is 0 Å². The molecule has 1 aliphatic heterocycles. The molecular formula is C37H44N6O6S. The molecule has 50 heavy (non-hydrogen) atoms. The van der Waals surface area contributed by atoms with Gasteiger partial charge in [0.15, 0.2) is 5.65 Å². The standard InChI is InChI=1S/C37H44N6O6S/c1-7-33-39-35-24(2)19-25(3)38-36(35)42(33)21-28-14-15-30(29(20-28)22-41-16-10-13-34(41)44)31-11-8-9-12-32(31)50(45,46)43(23-48-18-17-47-6)37-26(4)27(5)40-49-37/h8-9,11-12,14-15,19-20H,7,10,13,16-18,21-23H2,1-6H3. The highest BCUT2D eigenvalue weighted by molar-refractivity contribution is 7.93. The average molecular weight is 701 g/mol. The third-order valence-corrected chi connectivity index (χ3v) is 11.0. The number of fused-ring (bicyclic) bond motifs is 1. The first-order valence-electron chi connectivity index (χ1n) is 16.9. The Kier molecular flexibility index (Phi) is 10.4. The van der Waals surface area contributed by atoms with Gasteiger partial charge in [-0.1, -0.05) is 48.5 Å². The van der Waals surface area contributed by atoms with Gasteiger partial charge in [-0.25, -0.2) is 22.7 Å². The second-order valence-corrected chi connectivity index (χ2v) is 14.5. The number of sulfonamides is 1. The van der Waals surface area contributed by atoms with Crippen molar-refractivity contribution in [1.82, 2.24) is 24.6 Å². The number of pyridine rings is 1. The quantitative estimate of drug-likeness (QED) is 0.103. The lowest BCUT2D eigenvalue weighted by atomic mass is 9.96. The van der Waals surface area contributed by atoms with Crippen LogP contribution >= 0.6 is 0 Å². The Morgan fingerprint density at radius 1 is 0.980 bits per heavy atom. The summed E-state index contributed by atoms with van der Waals surface area (Å²) in [5.74, 6) is 1.11. The smallest absolute Gasteiger partial charge is 0.269 e. The highest BCUT2D eigenvalue weighted by Gasteiger charge is 2.33. The number of benzene rings is 2. The second kappa shape index (κ2) is 14.7. The van der Waals surface area contributed by atoms with Crippen LogP contribution in [0.2, 0.25) is 0 Å². The highest BCUT2D eigenvalue weighted by atomic mass is 32.2. The first-order chi connectivity index (χ1) is 24.0. The molecule has 3 aromatic heterocycles. The van der Waals surface area contributed by atoms with Crippen LogP contribution in [-0.4, -0.2) is 72.5 Å². The number of hydrogen-bond donors (Lipinski definition) is 0. The molecule has 0 radical (unpaired) electrons. The number of carbonyl (C=O) groups excluding carboxylic acids is 1. The van der Waals surface area contributed by atoms with Crippen LogP contribution in [0.5, 0.6) is 0 Å². The second-order valence-electron chi connectivity index (χ2n) is 12.7. The molecule has 0 atom stereocenters. The molecule has 264 valence electrons. The lowest BCUT2D eigenvalue weighted by Gasteiger charge is -2.25. The van der Waals surface area contributed by atoms with Crippen molar-refractivity contribution in [3.05, 3.63) is 88.0 Å². The van der Waals surface area contributed by atoms with Crippen LogP contribution in [0.15, 0.2) is 57.9 Å². The van der Waals surface area contributed by atoms with Crippen LogP contribution < -0.4 is 4.31 Å². The Morgan fingerprint density at radius 3 is 2.48 bits per heavy atom. The number of likely N-dealkylation sites (tertiary alicyclic amines) is 1. The molecule has 0 spiro atoms. The number of anilines is 1. The van der Waals surface area contributed by atoms with Crippen LogP contribution in [0.1, 0.15) is 59.2 Å². The van der Waals surface area contributed by atoms with E-state index in [1.54, 1.807) is 39.2 Å². The van der Waals surface area contributed by atoms with E-state index in [9.17, 15) is 13.2 Å². The van der Waals surface area contributed by atoms with Crippen LogP contribution in [0.4, 0.5) is 5.88 Å². The van der Waals surface area contributed by atoms with Gasteiger partial charge in [0.25, 0.3) is 10.0 Å². The zero-order valence-electron chi connectivity index (χ0n) is 29.5. The molecule has 13 heteroatoms. The normalized spacial score (nSPS) is 13.6. The van der Waals surface area contributed by atoms with Gasteiger partial charge in [0.1, 0.15) is 18.1 Å². The van der Waals surface area contributed by atoms with Gasteiger partial charge in [-0.05, 0) is 68.5 Å². The fourth-order valence-electron chi connectivity index (χ4n) is 6.48. The van der Waals surface area contributed by atoms with Crippen molar-refractivity contribution in [3.63, 3.8) is 0 Å². The summed E-state index contributed by atoms with van der Waals surface area (Å²) in [6.07, 6.45) is 2.03. The monoisotopic (exact) mass is 700 g/mol. The molecule has 1 fully saturated rings. The zero-order chi connectivity index (χ0) is 35.6. The Bertz CT molecular complexity index is 2140. The topological polar surface area (TPSA) is 133 Å². The Labute approximate surface area is 293 Å². The summed E-state index contributed by atoms with van der Waals surface area (Å²) in [6, 6.07) is 15.0. The lowest BCUT2D eigenvalue weighted by molar-refractivity contribution is -0.128. The summed E-state index contributed by atoms with van der Waals surface area (Å²) in [7, 11) is -2.69. The molecule has 4 heterocycles. The van der Waals surface area contributed by atoms with Gasteiger partial charge in [0.05, 0.1) is 30.3 Å². The molecule has 12 nitrogen and oxygen atoms in total. The molecule has 0 N–H and O–H groups in total. The van der Waals surface area contributed by atoms with Gasteiger partial charge in [-0.3, -0.25) is 4.79 Å². The van der Waals surface area contributed by atoms with Crippen molar-refractivity contribution in [3.8, 4) is 11.1 Å². The minimum Gasteiger partial charge on any atom is -0.382 e. The molecule has 0 saturated carbocycles. The number of amides is 1. The fraction of sp³-hybridized carbons (Fsp3) is 0.405. The van der Waals surface area contributed by atoms with E-state index in [0.717, 1.165) is 62.1 Å². The van der Waals surface area contributed by atoms with E-state index in [1.165, 1.54) is 0 Å². The largest absolute Gasteiger partial charge is 0.382 e. The Hall–Kier alpha value is -4.59. The van der Waals surface area contributed by atoms with Crippen molar-refractivity contribution in [2.24, 2.45) is 0 Å². The molecule has 0 bridgehead atoms. The lowest BCUT2D eigenvalue weighted by Crippen LogP contribution is -2.34. The van der Waals surface area contributed by atoms with Crippen molar-refractivity contribution < 1.29 is 27.2 Å². The molecule has 0 unspecified atom stereocenters. The van der Waals surface area contributed by atoms with Crippen LogP contribution in [-0.2, 0) is 43.8 Å². The SMILES string of the molecule is CCc1nc2c(C)cc(C)nc2n1Cc1ccc(-c2ccccc2S(=O)(=O)N(COCCOC)c2onc(C)c2C)c(CN2CCCC2=O)c1. The fourth-order valence-corrected chi connectivity index (χ4v) is 8.02. The number of carbonyl (C=O) groups is 1. The number of aromatic nitrogens is 4. The Balaban J connectivity index is 1.45. The van der Waals surface area contributed by atoms with Crippen molar-refractivity contribution >= 4 is 33.0 Å². The molecule has 1 amide bonds. The maximum atomic E-state index is 14.6. The van der Waals surface area contributed by atoms with Crippen molar-refractivity contribution in [2.45, 2.75) is 71.9 Å². The molecular weight excluding hydrogens is 657 g/mol. The van der Waals surface area contributed by atoms with Gasteiger partial charge in [-0.15, -0.1) is 0 Å². The summed E-state index contributed by atoms with van der Waals surface area (Å²) in [6.45, 7) is 11.3. The molecule has 2 aromatic carbocycles. The number of imidazole rings is 1. The Morgan fingerprint density at radius 2 is 1.78 bits per heavy atom. The number of ether oxygens (including phenoxy) is 2. The van der Waals surface area contributed by atoms with E-state index in [2.05, 4.69) is 29.6 Å². The molecule has 1 aliphatic rings. The van der Waals surface area contributed by atoms with Crippen LogP contribution in [0.3, 0.4) is 0 Å². The van der Waals surface area contributed by atoms with Crippen molar-refractivity contribution in [2.75, 3.05) is 37.9 Å². The molecule has 5 aromatic rings. The van der Waals surface area contributed by atoms with E-state index in [-0.39, 0.29) is 30.0 Å². The van der Waals surface area contributed by atoms with Crippen molar-refractivity contribution in [1.29, 1.82) is 0 Å². The number of rotatable bonds is 14. The van der Waals surface area contributed by atoms with E-state index in [4.69, 9.17) is 24.0 Å². The predicted molar refractivity (Wildman–Crippen MR) is 190 cm³/mol. The third-order valence-electron chi connectivity index (χ3n) is 9.20. The minimum absolute atomic E-state index is 0.0783. The average Bonchev–Trinajstić information content (AvgIpc) is 3.77. The third kappa shape index (κ3) is 6.90. The molecule has 0 aliphatic carbocycles. The molecule has 1 saturated heterocycles. The number of hydrogen-bond acceptors (Lipinski definition) is 9. The van der Waals surface area contributed by atoms with Gasteiger partial charge in [0, 0.05) is 49.9 Å². The van der Waals surface area contributed by atoms with Gasteiger partial charge in [-0.2, -0.15) is 0 Å².